The Bertz CT molecular complexity index is 1490. The Morgan fingerprint density at radius 3 is 1.91 bits per heavy atom. The van der Waals surface area contributed by atoms with Crippen LogP contribution in [0.25, 0.3) is 11.1 Å². The van der Waals surface area contributed by atoms with E-state index >= 15 is 0 Å². The molecule has 15 heteroatoms. The van der Waals surface area contributed by atoms with Gasteiger partial charge in [-0.1, -0.05) is 84.4 Å². The third-order valence-electron chi connectivity index (χ3n) is 6.18. The first-order valence-electron chi connectivity index (χ1n) is 13.7. The van der Waals surface area contributed by atoms with Crippen LogP contribution in [0.4, 0.5) is 18.0 Å². The Morgan fingerprint density at radius 2 is 1.35 bits per heavy atom. The van der Waals surface area contributed by atoms with Crippen LogP contribution in [0.3, 0.4) is 0 Å². The summed E-state index contributed by atoms with van der Waals surface area (Å²) in [6.07, 6.45) is -5.43. The first kappa shape index (κ1) is 37.1. The molecule has 46 heavy (non-hydrogen) atoms. The van der Waals surface area contributed by atoms with E-state index in [2.05, 4.69) is 21.3 Å². The summed E-state index contributed by atoms with van der Waals surface area (Å²) in [4.78, 5) is 57.0. The number of carboxylic acid groups (broad SMARTS) is 2. The number of carbonyl (C=O) groups excluding carboxylic acids is 3. The van der Waals surface area contributed by atoms with E-state index in [4.69, 9.17) is 21.5 Å². The molecule has 0 aliphatic rings. The molecule has 0 aromatic heterocycles. The van der Waals surface area contributed by atoms with Gasteiger partial charge in [-0.25, -0.2) is 9.59 Å². The van der Waals surface area contributed by atoms with Crippen LogP contribution in [0.2, 0.25) is 5.02 Å². The van der Waals surface area contributed by atoms with Crippen LogP contribution in [0.5, 0.6) is 0 Å². The van der Waals surface area contributed by atoms with Gasteiger partial charge in [-0.2, -0.15) is 13.2 Å². The number of rotatable bonds is 12. The maximum absolute atomic E-state index is 12.5. The number of benzene rings is 3. The highest BCUT2D eigenvalue weighted by molar-refractivity contribution is 6.31. The lowest BCUT2D eigenvalue weighted by Gasteiger charge is -2.18. The number of halogens is 4. The number of carboxylic acids is 2. The van der Waals surface area contributed by atoms with Crippen molar-refractivity contribution in [2.75, 3.05) is 13.1 Å². The lowest BCUT2D eigenvalue weighted by atomic mass is 9.99. The highest BCUT2D eigenvalue weighted by Crippen LogP contribution is 2.24. The maximum Gasteiger partial charge on any atom is 0.490 e. The number of carbonyl (C=O) groups is 5. The molecule has 0 bridgehead atoms. The van der Waals surface area contributed by atoms with E-state index in [-0.39, 0.29) is 32.0 Å². The number of amides is 4. The van der Waals surface area contributed by atoms with Gasteiger partial charge in [-0.05, 0) is 35.2 Å². The van der Waals surface area contributed by atoms with E-state index < -0.39 is 42.0 Å². The lowest BCUT2D eigenvalue weighted by molar-refractivity contribution is -0.192. The molecule has 2 atom stereocenters. The molecule has 0 heterocycles. The van der Waals surface area contributed by atoms with Gasteiger partial charge in [0.25, 0.3) is 0 Å². The van der Waals surface area contributed by atoms with Crippen molar-refractivity contribution in [3.63, 3.8) is 0 Å². The van der Waals surface area contributed by atoms with Crippen LogP contribution >= 0.6 is 11.6 Å². The quantitative estimate of drug-likeness (QED) is 0.161. The zero-order chi connectivity index (χ0) is 34.3. The second-order valence-electron chi connectivity index (χ2n) is 9.68. The number of nitrogens with one attached hydrogen (secondary N) is 4. The van der Waals surface area contributed by atoms with Gasteiger partial charge in [-0.3, -0.25) is 14.4 Å². The van der Waals surface area contributed by atoms with Gasteiger partial charge in [0.2, 0.25) is 11.8 Å². The Labute approximate surface area is 267 Å². The number of aliphatic carboxylic acids is 2. The molecule has 3 aromatic carbocycles. The summed E-state index contributed by atoms with van der Waals surface area (Å²) in [6, 6.07) is 22.6. The molecule has 246 valence electrons. The molecule has 0 aliphatic heterocycles. The fraction of sp³-hybridized carbons (Fsp3) is 0.258. The summed E-state index contributed by atoms with van der Waals surface area (Å²) in [5.41, 5.74) is 3.39. The van der Waals surface area contributed by atoms with Gasteiger partial charge in [0, 0.05) is 18.0 Å². The van der Waals surface area contributed by atoms with Crippen molar-refractivity contribution in [2.24, 2.45) is 0 Å². The average molecular weight is 665 g/mol. The smallest absolute Gasteiger partial charge is 0.481 e. The Hall–Kier alpha value is -5.11. The second-order valence-corrected chi connectivity index (χ2v) is 10.1. The highest BCUT2D eigenvalue weighted by atomic mass is 35.5. The van der Waals surface area contributed by atoms with Crippen molar-refractivity contribution >= 4 is 41.4 Å². The molecule has 3 aromatic rings. The number of hydrogen-bond donors (Lipinski definition) is 6. The predicted octanol–water partition coefficient (Wildman–Crippen LogP) is 4.84. The molecule has 2 unspecified atom stereocenters. The van der Waals surface area contributed by atoms with Crippen LogP contribution in [-0.4, -0.2) is 59.3 Å². The van der Waals surface area contributed by atoms with Crippen molar-refractivity contribution < 1.29 is 47.4 Å². The predicted molar refractivity (Wildman–Crippen MR) is 163 cm³/mol. The van der Waals surface area contributed by atoms with E-state index in [1.54, 1.807) is 31.2 Å². The SMILES string of the molecule is CC(NC(=O)NCCC(=O)NCC(=O)NC(CC(=O)O)c1ccc(-c2ccccc2)cc1)c1ccccc1Cl.O=C(O)C(F)(F)F. The summed E-state index contributed by atoms with van der Waals surface area (Å²) in [5, 5.41) is 27.5. The summed E-state index contributed by atoms with van der Waals surface area (Å²) in [5.74, 6) is -4.79. The first-order valence-corrected chi connectivity index (χ1v) is 14.1. The largest absolute Gasteiger partial charge is 0.490 e. The Balaban J connectivity index is 0.000000942. The lowest BCUT2D eigenvalue weighted by Crippen LogP contribution is -2.41. The standard InChI is InChI=1S/C29H31ClN4O5.C2HF3O2/c1-19(23-9-5-6-10-24(23)30)33-29(39)31-16-15-26(35)32-18-27(36)34-25(17-28(37)38)22-13-11-21(12-14-22)20-7-3-2-4-8-20;3-2(4,5)1(6)7/h2-14,19,25H,15-18H2,1H3,(H,32,35)(H,34,36)(H,37,38)(H2,31,33,39);(H,6,7). The van der Waals surface area contributed by atoms with E-state index in [0.717, 1.165) is 16.7 Å². The minimum Gasteiger partial charge on any atom is -0.481 e. The van der Waals surface area contributed by atoms with Crippen molar-refractivity contribution in [3.05, 3.63) is 95.0 Å². The average Bonchev–Trinajstić information content (AvgIpc) is 3.00. The Kier molecular flexibility index (Phi) is 14.5. The maximum atomic E-state index is 12.5. The number of hydrogen-bond acceptors (Lipinski definition) is 5. The molecule has 0 saturated carbocycles. The minimum atomic E-state index is -5.08. The molecule has 4 amide bonds. The van der Waals surface area contributed by atoms with Crippen molar-refractivity contribution in [2.45, 2.75) is 38.0 Å². The second kappa shape index (κ2) is 18.0. The molecular formula is C31H32ClF3N4O7. The molecule has 6 N–H and O–H groups in total. The molecule has 0 saturated heterocycles. The molecule has 0 aliphatic carbocycles. The van der Waals surface area contributed by atoms with Crippen LogP contribution in [0, 0.1) is 0 Å². The normalized spacial score (nSPS) is 11.9. The fourth-order valence-electron chi connectivity index (χ4n) is 3.92. The molecule has 0 fully saturated rings. The fourth-order valence-corrected chi connectivity index (χ4v) is 4.22. The zero-order valence-electron chi connectivity index (χ0n) is 24.4. The summed E-state index contributed by atoms with van der Waals surface area (Å²) in [6.45, 7) is 1.53. The van der Waals surface area contributed by atoms with E-state index in [1.165, 1.54) is 0 Å². The summed E-state index contributed by atoms with van der Waals surface area (Å²) in [7, 11) is 0. The number of urea groups is 1. The van der Waals surface area contributed by atoms with Gasteiger partial charge >= 0.3 is 24.1 Å². The number of alkyl halides is 3. The molecule has 3 rings (SSSR count). The van der Waals surface area contributed by atoms with Crippen LogP contribution in [-0.2, 0) is 19.2 Å². The zero-order valence-corrected chi connectivity index (χ0v) is 25.2. The minimum absolute atomic E-state index is 0.0410. The monoisotopic (exact) mass is 664 g/mol. The van der Waals surface area contributed by atoms with E-state index in [9.17, 15) is 37.5 Å². The van der Waals surface area contributed by atoms with Gasteiger partial charge in [0.05, 0.1) is 25.0 Å². The van der Waals surface area contributed by atoms with Gasteiger partial charge in [0.15, 0.2) is 0 Å². The van der Waals surface area contributed by atoms with Gasteiger partial charge in [-0.15, -0.1) is 0 Å². The third kappa shape index (κ3) is 13.3. The van der Waals surface area contributed by atoms with E-state index in [0.29, 0.717) is 10.6 Å². The molecule has 0 radical (unpaired) electrons. The third-order valence-corrected chi connectivity index (χ3v) is 6.52. The molecule has 11 nitrogen and oxygen atoms in total. The van der Waals surface area contributed by atoms with Crippen LogP contribution in [0.1, 0.15) is 43.0 Å². The summed E-state index contributed by atoms with van der Waals surface area (Å²) < 4.78 is 31.7. The Morgan fingerprint density at radius 1 is 0.783 bits per heavy atom. The molecule has 0 spiro atoms. The molecular weight excluding hydrogens is 633 g/mol. The van der Waals surface area contributed by atoms with Crippen molar-refractivity contribution in [1.82, 2.24) is 21.3 Å². The van der Waals surface area contributed by atoms with Crippen LogP contribution < -0.4 is 21.3 Å². The van der Waals surface area contributed by atoms with Gasteiger partial charge < -0.3 is 31.5 Å². The van der Waals surface area contributed by atoms with E-state index in [1.807, 2.05) is 54.6 Å². The van der Waals surface area contributed by atoms with Crippen molar-refractivity contribution in [3.8, 4) is 11.1 Å². The van der Waals surface area contributed by atoms with Crippen molar-refractivity contribution in [1.29, 1.82) is 0 Å². The topological polar surface area (TPSA) is 174 Å². The summed E-state index contributed by atoms with van der Waals surface area (Å²) >= 11 is 6.14. The highest BCUT2D eigenvalue weighted by Gasteiger charge is 2.38. The van der Waals surface area contributed by atoms with Gasteiger partial charge in [0.1, 0.15) is 0 Å². The first-order chi connectivity index (χ1) is 21.7. The van der Waals surface area contributed by atoms with Crippen LogP contribution in [0.15, 0.2) is 78.9 Å².